The number of hydrogen-bond donors (Lipinski definition) is 3. The lowest BCUT2D eigenvalue weighted by Crippen LogP contribution is -2.18. The average Bonchev–Trinajstić information content (AvgIpc) is 3.19. The van der Waals surface area contributed by atoms with Gasteiger partial charge in [0.25, 0.3) is 12.3 Å². The molecule has 0 spiro atoms. The van der Waals surface area contributed by atoms with E-state index in [0.29, 0.717) is 12.2 Å². The fourth-order valence-corrected chi connectivity index (χ4v) is 4.99. The summed E-state index contributed by atoms with van der Waals surface area (Å²) in [6, 6.07) is 5.91. The van der Waals surface area contributed by atoms with E-state index in [4.69, 9.17) is 4.74 Å². The SMILES string of the molecule is CS(=O)(=O)c1cc([C@H]2CCCO2)ccc1Nc1cc(NC(=O)[C@@H]2CC2(F)F)nc2[nH]c(C(F)F)nc12. The summed E-state index contributed by atoms with van der Waals surface area (Å²) in [5.74, 6) is -6.48. The summed E-state index contributed by atoms with van der Waals surface area (Å²) in [5.41, 5.74) is 0.638. The van der Waals surface area contributed by atoms with Crippen molar-refractivity contribution in [3.8, 4) is 0 Å². The maximum atomic E-state index is 13.3. The third-order valence-corrected chi connectivity index (χ3v) is 7.18. The minimum absolute atomic E-state index is 0.0378. The molecule has 1 saturated carbocycles. The molecule has 3 heterocycles. The average molecular weight is 528 g/mol. The fraction of sp³-hybridized carbons (Fsp3) is 0.409. The molecular weight excluding hydrogens is 506 g/mol. The Morgan fingerprint density at radius 3 is 2.58 bits per heavy atom. The van der Waals surface area contributed by atoms with E-state index >= 15 is 0 Å². The van der Waals surface area contributed by atoms with Gasteiger partial charge in [-0.15, -0.1) is 0 Å². The van der Waals surface area contributed by atoms with Gasteiger partial charge < -0.3 is 20.4 Å². The molecule has 1 aromatic carbocycles. The van der Waals surface area contributed by atoms with Crippen LogP contribution in [0.2, 0.25) is 0 Å². The number of aromatic amines is 1. The zero-order chi connectivity index (χ0) is 25.8. The van der Waals surface area contributed by atoms with Crippen LogP contribution in [0.4, 0.5) is 34.8 Å². The number of carbonyl (C=O) groups is 1. The predicted molar refractivity (Wildman–Crippen MR) is 121 cm³/mol. The molecule has 3 aromatic rings. The Hall–Kier alpha value is -3.26. The van der Waals surface area contributed by atoms with Crippen LogP contribution < -0.4 is 10.6 Å². The number of amides is 1. The minimum atomic E-state index is -3.75. The van der Waals surface area contributed by atoms with E-state index in [9.17, 15) is 30.8 Å². The summed E-state index contributed by atoms with van der Waals surface area (Å²) in [5, 5.41) is 5.15. The number of fused-ring (bicyclic) bond motifs is 1. The van der Waals surface area contributed by atoms with Crippen molar-refractivity contribution >= 4 is 44.1 Å². The van der Waals surface area contributed by atoms with Crippen LogP contribution >= 0.6 is 0 Å². The van der Waals surface area contributed by atoms with Gasteiger partial charge in [-0.1, -0.05) is 6.07 Å². The van der Waals surface area contributed by atoms with Gasteiger partial charge in [0.1, 0.15) is 17.3 Å². The first-order chi connectivity index (χ1) is 16.9. The van der Waals surface area contributed by atoms with Gasteiger partial charge >= 0.3 is 0 Å². The van der Waals surface area contributed by atoms with Crippen LogP contribution in [-0.4, -0.2) is 48.1 Å². The third kappa shape index (κ3) is 4.74. The van der Waals surface area contributed by atoms with Crippen LogP contribution in [0.25, 0.3) is 11.2 Å². The van der Waals surface area contributed by atoms with E-state index < -0.39 is 46.3 Å². The monoisotopic (exact) mass is 527 g/mol. The number of pyridine rings is 1. The molecule has 1 saturated heterocycles. The van der Waals surface area contributed by atoms with Gasteiger partial charge in [0.05, 0.1) is 22.4 Å². The lowest BCUT2D eigenvalue weighted by molar-refractivity contribution is -0.119. The highest BCUT2D eigenvalue weighted by atomic mass is 32.2. The Bertz CT molecular complexity index is 1450. The number of alkyl halides is 4. The first-order valence-electron chi connectivity index (χ1n) is 11.0. The van der Waals surface area contributed by atoms with Crippen LogP contribution in [0.1, 0.15) is 43.2 Å². The molecule has 2 aromatic heterocycles. The highest BCUT2D eigenvalue weighted by molar-refractivity contribution is 7.90. The summed E-state index contributed by atoms with van der Waals surface area (Å²) in [7, 11) is -3.75. The molecule has 9 nitrogen and oxygen atoms in total. The second-order valence-corrected chi connectivity index (χ2v) is 10.8. The molecule has 2 atom stereocenters. The molecule has 1 aliphatic carbocycles. The normalized spacial score (nSPS) is 21.2. The summed E-state index contributed by atoms with van der Waals surface area (Å²) < 4.78 is 84.0. The number of hydrogen-bond acceptors (Lipinski definition) is 7. The molecule has 0 unspecified atom stereocenters. The predicted octanol–water partition coefficient (Wildman–Crippen LogP) is 4.49. The van der Waals surface area contributed by atoms with Crippen molar-refractivity contribution in [1.29, 1.82) is 0 Å². The van der Waals surface area contributed by atoms with Gasteiger partial charge in [-0.3, -0.25) is 4.79 Å². The van der Waals surface area contributed by atoms with Gasteiger partial charge in [-0.25, -0.2) is 35.9 Å². The number of sulfone groups is 1. The van der Waals surface area contributed by atoms with Crippen LogP contribution in [0.3, 0.4) is 0 Å². The summed E-state index contributed by atoms with van der Waals surface area (Å²) in [6.45, 7) is 0.570. The molecule has 0 radical (unpaired) electrons. The molecular formula is C22H21F4N5O4S. The van der Waals surface area contributed by atoms with Crippen molar-refractivity contribution in [3.05, 3.63) is 35.7 Å². The number of carbonyl (C=O) groups excluding carboxylic acids is 1. The number of benzene rings is 1. The molecule has 2 aliphatic rings. The number of nitrogens with one attached hydrogen (secondary N) is 3. The van der Waals surface area contributed by atoms with Gasteiger partial charge in [0.15, 0.2) is 21.3 Å². The van der Waals surface area contributed by atoms with E-state index in [1.807, 2.05) is 0 Å². The van der Waals surface area contributed by atoms with E-state index in [-0.39, 0.29) is 39.4 Å². The van der Waals surface area contributed by atoms with E-state index in [1.54, 1.807) is 6.07 Å². The number of anilines is 3. The molecule has 192 valence electrons. The third-order valence-electron chi connectivity index (χ3n) is 6.05. The van der Waals surface area contributed by atoms with Crippen LogP contribution in [0.5, 0.6) is 0 Å². The molecule has 36 heavy (non-hydrogen) atoms. The van der Waals surface area contributed by atoms with E-state index in [0.717, 1.165) is 19.1 Å². The second kappa shape index (κ2) is 8.69. The Morgan fingerprint density at radius 1 is 1.22 bits per heavy atom. The number of aromatic nitrogens is 3. The van der Waals surface area contributed by atoms with Gasteiger partial charge in [-0.05, 0) is 30.5 Å². The highest BCUT2D eigenvalue weighted by Crippen LogP contribution is 2.49. The lowest BCUT2D eigenvalue weighted by Gasteiger charge is -2.16. The van der Waals surface area contributed by atoms with Gasteiger partial charge in [0.2, 0.25) is 5.91 Å². The highest BCUT2D eigenvalue weighted by Gasteiger charge is 2.61. The van der Waals surface area contributed by atoms with Crippen LogP contribution in [0, 0.1) is 5.92 Å². The number of imidazole rings is 1. The van der Waals surface area contributed by atoms with E-state index in [2.05, 4.69) is 25.6 Å². The Labute approximate surface area is 202 Å². The standard InChI is InChI=1S/C22H21F4N5O4S/c1-36(33,34)15-7-10(14-3-2-6-35-14)4-5-12(15)27-13-8-16(29-21(32)11-9-22(11,25)26)28-19-17(13)30-20(31-19)18(23)24/h4-5,7-8,11,14,18H,2-3,6,9H2,1H3,(H3,27,28,29,30,31,32)/t11-,14+/m0/s1. The van der Waals surface area contributed by atoms with Gasteiger partial charge in [-0.2, -0.15) is 0 Å². The number of halogens is 4. The summed E-state index contributed by atoms with van der Waals surface area (Å²) >= 11 is 0. The largest absolute Gasteiger partial charge is 0.374 e. The zero-order valence-electron chi connectivity index (χ0n) is 18.8. The topological polar surface area (TPSA) is 126 Å². The van der Waals surface area contributed by atoms with Crippen molar-refractivity contribution in [1.82, 2.24) is 15.0 Å². The zero-order valence-corrected chi connectivity index (χ0v) is 19.6. The number of H-pyrrole nitrogens is 1. The first kappa shape index (κ1) is 24.4. The molecule has 1 amide bonds. The number of rotatable bonds is 7. The second-order valence-electron chi connectivity index (χ2n) is 8.84. The smallest absolute Gasteiger partial charge is 0.295 e. The van der Waals surface area contributed by atoms with Crippen molar-refractivity contribution in [3.63, 3.8) is 0 Å². The van der Waals surface area contributed by atoms with Crippen molar-refractivity contribution < 1.29 is 35.5 Å². The Balaban J connectivity index is 1.55. The fourth-order valence-electron chi connectivity index (χ4n) is 4.12. The van der Waals surface area contributed by atoms with Crippen LogP contribution in [0.15, 0.2) is 29.2 Å². The van der Waals surface area contributed by atoms with Crippen molar-refractivity contribution in [2.24, 2.45) is 5.92 Å². The minimum Gasteiger partial charge on any atom is -0.374 e. The molecule has 2 fully saturated rings. The Kier molecular flexibility index (Phi) is 5.90. The molecule has 5 rings (SSSR count). The van der Waals surface area contributed by atoms with Crippen LogP contribution in [-0.2, 0) is 19.4 Å². The number of ether oxygens (including phenoxy) is 1. The summed E-state index contributed by atoms with van der Waals surface area (Å²) in [6.07, 6.45) is -1.18. The maximum Gasteiger partial charge on any atom is 0.295 e. The first-order valence-corrected chi connectivity index (χ1v) is 12.9. The molecule has 1 aliphatic heterocycles. The molecule has 0 bridgehead atoms. The van der Waals surface area contributed by atoms with Gasteiger partial charge in [0, 0.05) is 25.3 Å². The lowest BCUT2D eigenvalue weighted by atomic mass is 10.1. The number of nitrogens with zero attached hydrogens (tertiary/aromatic N) is 2. The quantitative estimate of drug-likeness (QED) is 0.387. The van der Waals surface area contributed by atoms with Crippen molar-refractivity contribution in [2.45, 2.75) is 42.6 Å². The maximum absolute atomic E-state index is 13.3. The molecule has 14 heteroatoms. The summed E-state index contributed by atoms with van der Waals surface area (Å²) in [4.78, 5) is 22.3. The molecule has 3 N–H and O–H groups in total. The Morgan fingerprint density at radius 2 is 1.97 bits per heavy atom. The van der Waals surface area contributed by atoms with Crippen molar-refractivity contribution in [2.75, 3.05) is 23.5 Å². The van der Waals surface area contributed by atoms with E-state index in [1.165, 1.54) is 18.2 Å².